The van der Waals surface area contributed by atoms with Crippen molar-refractivity contribution in [3.05, 3.63) is 0 Å². The van der Waals surface area contributed by atoms with E-state index in [1.54, 1.807) is 12.1 Å². The SMILES string of the molecule is C[Si]1(C)CCCCCCCCCC1. The van der Waals surface area contributed by atoms with E-state index in [1.165, 1.54) is 51.4 Å². The molecular formula is C12H26Si. The van der Waals surface area contributed by atoms with Crippen molar-refractivity contribution < 1.29 is 0 Å². The summed E-state index contributed by atoms with van der Waals surface area (Å²) < 4.78 is 0. The topological polar surface area (TPSA) is 0 Å². The molecule has 0 bridgehead atoms. The van der Waals surface area contributed by atoms with Crippen LogP contribution < -0.4 is 0 Å². The second kappa shape index (κ2) is 5.84. The van der Waals surface area contributed by atoms with Crippen LogP contribution in [0.5, 0.6) is 0 Å². The van der Waals surface area contributed by atoms with Gasteiger partial charge in [0.25, 0.3) is 0 Å². The Morgan fingerprint density at radius 1 is 0.538 bits per heavy atom. The maximum Gasteiger partial charge on any atom is 0.0473 e. The van der Waals surface area contributed by atoms with Gasteiger partial charge in [0.1, 0.15) is 0 Å². The van der Waals surface area contributed by atoms with Gasteiger partial charge >= 0.3 is 0 Å². The standard InChI is InChI=1S/C12H26Si/c1-13(2)11-9-7-5-3-4-6-8-10-12-13/h3-12H2,1-2H3. The van der Waals surface area contributed by atoms with E-state index in [9.17, 15) is 0 Å². The fourth-order valence-electron chi connectivity index (χ4n) is 2.39. The minimum Gasteiger partial charge on any atom is -0.0693 e. The van der Waals surface area contributed by atoms with Gasteiger partial charge in [-0.3, -0.25) is 0 Å². The Morgan fingerprint density at radius 3 is 1.23 bits per heavy atom. The zero-order valence-electron chi connectivity index (χ0n) is 9.57. The number of hydrogen-bond acceptors (Lipinski definition) is 0. The highest BCUT2D eigenvalue weighted by Crippen LogP contribution is 2.24. The van der Waals surface area contributed by atoms with Crippen molar-refractivity contribution in [2.75, 3.05) is 0 Å². The lowest BCUT2D eigenvalue weighted by atomic mass is 10.1. The van der Waals surface area contributed by atoms with Crippen molar-refractivity contribution in [1.29, 1.82) is 0 Å². The van der Waals surface area contributed by atoms with Crippen molar-refractivity contribution >= 4 is 8.07 Å². The molecule has 1 heterocycles. The molecular weight excluding hydrogens is 172 g/mol. The average Bonchev–Trinajstić information content (AvgIpc) is 2.10. The van der Waals surface area contributed by atoms with E-state index in [-0.39, 0.29) is 0 Å². The van der Waals surface area contributed by atoms with E-state index in [0.29, 0.717) is 0 Å². The second-order valence-electron chi connectivity index (χ2n) is 5.49. The summed E-state index contributed by atoms with van der Waals surface area (Å²) in [7, 11) is -0.750. The molecule has 0 unspecified atom stereocenters. The minimum absolute atomic E-state index is 0.750. The summed E-state index contributed by atoms with van der Waals surface area (Å²) in [5.41, 5.74) is 0. The zero-order valence-corrected chi connectivity index (χ0v) is 10.6. The summed E-state index contributed by atoms with van der Waals surface area (Å²) in [4.78, 5) is 0. The van der Waals surface area contributed by atoms with E-state index in [2.05, 4.69) is 13.1 Å². The molecule has 0 atom stereocenters. The molecule has 0 radical (unpaired) electrons. The van der Waals surface area contributed by atoms with Gasteiger partial charge < -0.3 is 0 Å². The van der Waals surface area contributed by atoms with Gasteiger partial charge in [-0.1, -0.05) is 76.5 Å². The highest BCUT2D eigenvalue weighted by Gasteiger charge is 2.19. The molecule has 1 saturated heterocycles. The van der Waals surface area contributed by atoms with Gasteiger partial charge in [-0.25, -0.2) is 0 Å². The Kier molecular flexibility index (Phi) is 5.08. The van der Waals surface area contributed by atoms with Gasteiger partial charge in [-0.2, -0.15) is 0 Å². The van der Waals surface area contributed by atoms with E-state index in [1.807, 2.05) is 0 Å². The molecule has 0 nitrogen and oxygen atoms in total. The minimum atomic E-state index is -0.750. The van der Waals surface area contributed by atoms with Crippen LogP contribution in [-0.2, 0) is 0 Å². The fraction of sp³-hybridized carbons (Fsp3) is 1.00. The largest absolute Gasteiger partial charge is 0.0693 e. The maximum atomic E-state index is 2.59. The smallest absolute Gasteiger partial charge is 0.0473 e. The summed E-state index contributed by atoms with van der Waals surface area (Å²) in [6.45, 7) is 5.18. The van der Waals surface area contributed by atoms with Gasteiger partial charge in [-0.05, 0) is 0 Å². The van der Waals surface area contributed by atoms with Crippen molar-refractivity contribution in [2.45, 2.75) is 76.5 Å². The third kappa shape index (κ3) is 5.51. The zero-order chi connectivity index (χ0) is 9.57. The van der Waals surface area contributed by atoms with Crippen molar-refractivity contribution in [3.8, 4) is 0 Å². The number of rotatable bonds is 0. The third-order valence-corrected chi connectivity index (χ3v) is 6.87. The lowest BCUT2D eigenvalue weighted by molar-refractivity contribution is 0.590. The highest BCUT2D eigenvalue weighted by atomic mass is 28.3. The lowest BCUT2D eigenvalue weighted by Gasteiger charge is -2.21. The van der Waals surface area contributed by atoms with Crippen LogP contribution in [0.4, 0.5) is 0 Å². The first kappa shape index (κ1) is 11.3. The van der Waals surface area contributed by atoms with Gasteiger partial charge in [0.05, 0.1) is 0 Å². The predicted molar refractivity (Wildman–Crippen MR) is 64.0 cm³/mol. The molecule has 0 aromatic carbocycles. The van der Waals surface area contributed by atoms with Gasteiger partial charge in [-0.15, -0.1) is 0 Å². The van der Waals surface area contributed by atoms with E-state index < -0.39 is 8.07 Å². The normalized spacial score (nSPS) is 26.3. The summed E-state index contributed by atoms with van der Waals surface area (Å²) >= 11 is 0. The average molecular weight is 198 g/mol. The van der Waals surface area contributed by atoms with Crippen LogP contribution in [0.1, 0.15) is 51.4 Å². The van der Waals surface area contributed by atoms with Crippen molar-refractivity contribution in [1.82, 2.24) is 0 Å². The van der Waals surface area contributed by atoms with Gasteiger partial charge in [0, 0.05) is 8.07 Å². The third-order valence-electron chi connectivity index (χ3n) is 3.46. The summed E-state index contributed by atoms with van der Waals surface area (Å²) in [6.07, 6.45) is 12.1. The molecule has 1 heteroatoms. The van der Waals surface area contributed by atoms with E-state index >= 15 is 0 Å². The van der Waals surface area contributed by atoms with E-state index in [0.717, 1.165) is 0 Å². The summed E-state index contributed by atoms with van der Waals surface area (Å²) in [5.74, 6) is 0. The molecule has 0 amide bonds. The molecule has 1 aliphatic rings. The molecule has 13 heavy (non-hydrogen) atoms. The van der Waals surface area contributed by atoms with Crippen LogP contribution in [-0.4, -0.2) is 8.07 Å². The highest BCUT2D eigenvalue weighted by molar-refractivity contribution is 6.77. The number of hydrogen-bond donors (Lipinski definition) is 0. The van der Waals surface area contributed by atoms with Gasteiger partial charge in [0.2, 0.25) is 0 Å². The molecule has 0 spiro atoms. The Bertz CT molecular complexity index is 115. The second-order valence-corrected chi connectivity index (χ2v) is 10.8. The molecule has 0 aromatic heterocycles. The molecule has 1 rings (SSSR count). The molecule has 1 aliphatic heterocycles. The maximum absolute atomic E-state index is 2.59. The van der Waals surface area contributed by atoms with Crippen LogP contribution in [0.15, 0.2) is 0 Å². The quantitative estimate of drug-likeness (QED) is 0.489. The Labute approximate surface area is 85.1 Å². The Hall–Kier alpha value is 0.217. The molecule has 0 N–H and O–H groups in total. The lowest BCUT2D eigenvalue weighted by Crippen LogP contribution is -2.24. The van der Waals surface area contributed by atoms with Crippen LogP contribution in [0.2, 0.25) is 25.2 Å². The van der Waals surface area contributed by atoms with Crippen LogP contribution in [0, 0.1) is 0 Å². The van der Waals surface area contributed by atoms with Crippen LogP contribution in [0.3, 0.4) is 0 Å². The molecule has 0 aromatic rings. The first-order valence-corrected chi connectivity index (χ1v) is 9.62. The monoisotopic (exact) mass is 198 g/mol. The van der Waals surface area contributed by atoms with E-state index in [4.69, 9.17) is 0 Å². The fourth-order valence-corrected chi connectivity index (χ4v) is 5.06. The molecule has 1 fully saturated rings. The summed E-state index contributed by atoms with van der Waals surface area (Å²) in [5, 5.41) is 0. The van der Waals surface area contributed by atoms with Gasteiger partial charge in [0.15, 0.2) is 0 Å². The van der Waals surface area contributed by atoms with Crippen LogP contribution >= 0.6 is 0 Å². The molecule has 0 saturated carbocycles. The predicted octanol–water partition coefficient (Wildman–Crippen LogP) is 4.83. The van der Waals surface area contributed by atoms with Crippen molar-refractivity contribution in [2.24, 2.45) is 0 Å². The Morgan fingerprint density at radius 2 is 0.846 bits per heavy atom. The van der Waals surface area contributed by atoms with Crippen LogP contribution in [0.25, 0.3) is 0 Å². The first-order chi connectivity index (χ1) is 6.21. The Balaban J connectivity index is 2.27. The van der Waals surface area contributed by atoms with Crippen molar-refractivity contribution in [3.63, 3.8) is 0 Å². The first-order valence-electron chi connectivity index (χ1n) is 6.21. The molecule has 0 aliphatic carbocycles. The summed E-state index contributed by atoms with van der Waals surface area (Å²) in [6, 6.07) is 3.18. The molecule has 78 valence electrons.